The van der Waals surface area contributed by atoms with Crippen molar-refractivity contribution < 1.29 is 9.84 Å². The molecule has 0 saturated carbocycles. The number of imidazole rings is 1. The summed E-state index contributed by atoms with van der Waals surface area (Å²) in [6.45, 7) is 2.76. The average Bonchev–Trinajstić information content (AvgIpc) is 3.13. The minimum atomic E-state index is -0.632. The predicted octanol–water partition coefficient (Wildman–Crippen LogP) is 4.51. The lowest BCUT2D eigenvalue weighted by Crippen LogP contribution is -2.23. The fourth-order valence-electron chi connectivity index (χ4n) is 3.52. The molecule has 1 heterocycles. The van der Waals surface area contributed by atoms with E-state index in [0.29, 0.717) is 6.54 Å². The van der Waals surface area contributed by atoms with Gasteiger partial charge in [0.2, 0.25) is 0 Å². The van der Waals surface area contributed by atoms with Gasteiger partial charge in [-0.05, 0) is 35.7 Å². The topological polar surface area (TPSA) is 47.3 Å². The third-order valence-electron chi connectivity index (χ3n) is 4.96. The molecular weight excluding hydrogens is 348 g/mol. The second kappa shape index (κ2) is 8.38. The van der Waals surface area contributed by atoms with E-state index in [1.165, 1.54) is 5.56 Å². The Morgan fingerprint density at radius 1 is 0.929 bits per heavy atom. The molecule has 4 aromatic rings. The van der Waals surface area contributed by atoms with Crippen LogP contribution >= 0.6 is 0 Å². The molecule has 2 atom stereocenters. The lowest BCUT2D eigenvalue weighted by atomic mass is 9.97. The lowest BCUT2D eigenvalue weighted by Gasteiger charge is -2.22. The van der Waals surface area contributed by atoms with E-state index in [9.17, 15) is 5.11 Å². The van der Waals surface area contributed by atoms with Crippen LogP contribution in [0.1, 0.15) is 22.8 Å². The molecule has 142 valence electrons. The predicted molar refractivity (Wildman–Crippen MR) is 111 cm³/mol. The summed E-state index contributed by atoms with van der Waals surface area (Å²) in [5, 5.41) is 10.6. The number of nitrogens with zero attached hydrogens (tertiary/aromatic N) is 2. The van der Waals surface area contributed by atoms with E-state index in [2.05, 4.69) is 36.2 Å². The number of para-hydroxylation sites is 2. The Morgan fingerprint density at radius 3 is 2.46 bits per heavy atom. The maximum absolute atomic E-state index is 10.6. The number of rotatable bonds is 7. The third kappa shape index (κ3) is 3.98. The molecule has 0 saturated heterocycles. The van der Waals surface area contributed by atoms with Crippen molar-refractivity contribution in [1.29, 1.82) is 0 Å². The number of aryl methyl sites for hydroxylation is 1. The van der Waals surface area contributed by atoms with Crippen molar-refractivity contribution in [2.24, 2.45) is 0 Å². The molecule has 4 heteroatoms. The van der Waals surface area contributed by atoms with Crippen molar-refractivity contribution in [3.05, 3.63) is 102 Å². The molecule has 3 aromatic carbocycles. The summed E-state index contributed by atoms with van der Waals surface area (Å²) in [6, 6.07) is 26.3. The van der Waals surface area contributed by atoms with Gasteiger partial charge >= 0.3 is 0 Å². The number of benzene rings is 3. The van der Waals surface area contributed by atoms with E-state index in [-0.39, 0.29) is 12.7 Å². The molecule has 0 spiro atoms. The van der Waals surface area contributed by atoms with Crippen LogP contribution in [0.2, 0.25) is 0 Å². The second-order valence-electron chi connectivity index (χ2n) is 7.02. The van der Waals surface area contributed by atoms with Gasteiger partial charge in [0.05, 0.1) is 36.6 Å². The molecule has 0 fully saturated rings. The van der Waals surface area contributed by atoms with Crippen LogP contribution < -0.4 is 0 Å². The van der Waals surface area contributed by atoms with E-state index in [0.717, 1.165) is 22.2 Å². The van der Waals surface area contributed by atoms with Crippen molar-refractivity contribution in [2.45, 2.75) is 25.7 Å². The molecule has 28 heavy (non-hydrogen) atoms. The monoisotopic (exact) mass is 372 g/mol. The molecule has 0 unspecified atom stereocenters. The van der Waals surface area contributed by atoms with Gasteiger partial charge in [0.1, 0.15) is 6.10 Å². The molecule has 1 N–H and O–H groups in total. The van der Waals surface area contributed by atoms with Crippen LogP contribution in [-0.2, 0) is 11.3 Å². The zero-order valence-corrected chi connectivity index (χ0v) is 15.9. The molecule has 1 aromatic heterocycles. The zero-order valence-electron chi connectivity index (χ0n) is 15.9. The summed E-state index contributed by atoms with van der Waals surface area (Å²) < 4.78 is 8.20. The minimum absolute atomic E-state index is 0.211. The first-order valence-corrected chi connectivity index (χ1v) is 9.52. The highest BCUT2D eigenvalue weighted by atomic mass is 16.5. The molecular formula is C24H24N2O2. The van der Waals surface area contributed by atoms with Crippen molar-refractivity contribution in [1.82, 2.24) is 9.55 Å². The first-order chi connectivity index (χ1) is 13.7. The Balaban J connectivity index is 1.50. The van der Waals surface area contributed by atoms with Gasteiger partial charge in [0.15, 0.2) is 0 Å². The quantitative estimate of drug-likeness (QED) is 0.519. The number of aliphatic hydroxyl groups excluding tert-OH is 1. The van der Waals surface area contributed by atoms with Crippen LogP contribution in [0.25, 0.3) is 11.0 Å². The van der Waals surface area contributed by atoms with Crippen molar-refractivity contribution in [3.63, 3.8) is 0 Å². The number of aliphatic hydroxyl groups is 1. The second-order valence-corrected chi connectivity index (χ2v) is 7.02. The van der Waals surface area contributed by atoms with Gasteiger partial charge < -0.3 is 14.4 Å². The van der Waals surface area contributed by atoms with E-state index in [4.69, 9.17) is 4.74 Å². The molecule has 0 aliphatic rings. The molecule has 4 rings (SSSR count). The van der Waals surface area contributed by atoms with Gasteiger partial charge in [-0.2, -0.15) is 0 Å². The maximum Gasteiger partial charge on any atom is 0.108 e. The standard InChI is InChI=1S/C24H24N2O2/c1-18-9-5-6-12-21(18)24(19-10-3-2-4-11-19)28-16-20(27)15-26-17-25-22-13-7-8-14-23(22)26/h2-14,17,20,24,27H,15-16H2,1H3/t20-,24-/m1/s1. The van der Waals surface area contributed by atoms with Crippen molar-refractivity contribution in [3.8, 4) is 0 Å². The van der Waals surface area contributed by atoms with Gasteiger partial charge in [-0.3, -0.25) is 0 Å². The SMILES string of the molecule is Cc1ccccc1[C@H](OC[C@H](O)Cn1cnc2ccccc21)c1ccccc1. The lowest BCUT2D eigenvalue weighted by molar-refractivity contribution is -0.000360. The van der Waals surface area contributed by atoms with Gasteiger partial charge in [0.25, 0.3) is 0 Å². The average molecular weight is 372 g/mol. The van der Waals surface area contributed by atoms with E-state index in [1.807, 2.05) is 59.2 Å². The number of hydrogen-bond acceptors (Lipinski definition) is 3. The number of fused-ring (bicyclic) bond motifs is 1. The Hall–Kier alpha value is -2.95. The van der Waals surface area contributed by atoms with E-state index in [1.54, 1.807) is 6.33 Å². The summed E-state index contributed by atoms with van der Waals surface area (Å²) in [5.74, 6) is 0. The zero-order chi connectivity index (χ0) is 19.3. The smallest absolute Gasteiger partial charge is 0.108 e. The Kier molecular flexibility index (Phi) is 5.51. The maximum atomic E-state index is 10.6. The highest BCUT2D eigenvalue weighted by molar-refractivity contribution is 5.74. The molecule has 0 amide bonds. The van der Waals surface area contributed by atoms with Crippen LogP contribution in [0.3, 0.4) is 0 Å². The molecule has 4 nitrogen and oxygen atoms in total. The van der Waals surface area contributed by atoms with E-state index >= 15 is 0 Å². The summed E-state index contributed by atoms with van der Waals surface area (Å²) in [6.07, 6.45) is 0.925. The molecule has 0 radical (unpaired) electrons. The summed E-state index contributed by atoms with van der Waals surface area (Å²) >= 11 is 0. The van der Waals surface area contributed by atoms with Crippen LogP contribution in [-0.4, -0.2) is 27.4 Å². The van der Waals surface area contributed by atoms with Gasteiger partial charge in [-0.1, -0.05) is 66.7 Å². The van der Waals surface area contributed by atoms with E-state index < -0.39 is 6.10 Å². The Bertz CT molecular complexity index is 1040. The fourth-order valence-corrected chi connectivity index (χ4v) is 3.52. The van der Waals surface area contributed by atoms with Crippen LogP contribution in [0.15, 0.2) is 85.2 Å². The van der Waals surface area contributed by atoms with Gasteiger partial charge in [-0.15, -0.1) is 0 Å². The highest BCUT2D eigenvalue weighted by Gasteiger charge is 2.18. The number of aromatic nitrogens is 2. The van der Waals surface area contributed by atoms with Crippen LogP contribution in [0.5, 0.6) is 0 Å². The first kappa shape index (κ1) is 18.4. The number of ether oxygens (including phenoxy) is 1. The molecule has 0 bridgehead atoms. The van der Waals surface area contributed by atoms with Crippen LogP contribution in [0.4, 0.5) is 0 Å². The largest absolute Gasteiger partial charge is 0.389 e. The van der Waals surface area contributed by atoms with Gasteiger partial charge in [-0.25, -0.2) is 4.98 Å². The first-order valence-electron chi connectivity index (χ1n) is 9.52. The normalized spacial score (nSPS) is 13.5. The van der Waals surface area contributed by atoms with Crippen molar-refractivity contribution >= 4 is 11.0 Å². The summed E-state index contributed by atoms with van der Waals surface area (Å²) in [7, 11) is 0. The minimum Gasteiger partial charge on any atom is -0.389 e. The molecule has 0 aliphatic carbocycles. The highest BCUT2D eigenvalue weighted by Crippen LogP contribution is 2.28. The Morgan fingerprint density at radius 2 is 1.64 bits per heavy atom. The summed E-state index contributed by atoms with van der Waals surface area (Å²) in [5.41, 5.74) is 5.32. The summed E-state index contributed by atoms with van der Waals surface area (Å²) in [4.78, 5) is 4.38. The number of hydrogen-bond donors (Lipinski definition) is 1. The van der Waals surface area contributed by atoms with Crippen molar-refractivity contribution in [2.75, 3.05) is 6.61 Å². The fraction of sp³-hybridized carbons (Fsp3) is 0.208. The molecule has 0 aliphatic heterocycles. The van der Waals surface area contributed by atoms with Crippen LogP contribution in [0, 0.1) is 6.92 Å². The van der Waals surface area contributed by atoms with Gasteiger partial charge in [0, 0.05) is 0 Å². The Labute approximate surface area is 165 Å². The third-order valence-corrected chi connectivity index (χ3v) is 4.96.